The van der Waals surface area contributed by atoms with Crippen LogP contribution >= 0.6 is 34.0 Å². The molecule has 0 saturated carbocycles. The van der Waals surface area contributed by atoms with Crippen LogP contribution in [0.2, 0.25) is 0 Å². The predicted molar refractivity (Wildman–Crippen MR) is 211 cm³/mol. The zero-order valence-corrected chi connectivity index (χ0v) is 33.5. The lowest BCUT2D eigenvalue weighted by Gasteiger charge is -2.30. The molecule has 7 rings (SSSR count). The minimum Gasteiger partial charge on any atom is -0.462 e. The number of anilines is 1. The van der Waals surface area contributed by atoms with Gasteiger partial charge in [0.05, 0.1) is 44.5 Å². The molecule has 3 aromatic heterocycles. The van der Waals surface area contributed by atoms with E-state index in [4.69, 9.17) is 15.7 Å². The number of nitrogens with zero attached hydrogens (tertiary/aromatic N) is 4. The molecule has 5 aromatic rings. The summed E-state index contributed by atoms with van der Waals surface area (Å²) in [5.74, 6) is -0.187. The topological polar surface area (TPSA) is 161 Å². The van der Waals surface area contributed by atoms with Crippen LogP contribution in [0.3, 0.4) is 0 Å². The van der Waals surface area contributed by atoms with Gasteiger partial charge < -0.3 is 25.4 Å². The first-order valence-electron chi connectivity index (χ1n) is 17.2. The Labute approximate surface area is 325 Å². The van der Waals surface area contributed by atoms with Crippen molar-refractivity contribution < 1.29 is 32.6 Å². The smallest absolute Gasteiger partial charge is 0.410 e. The molecule has 5 heterocycles. The Balaban J connectivity index is 0.000000197. The van der Waals surface area contributed by atoms with Gasteiger partial charge in [-0.25, -0.2) is 23.5 Å². The predicted octanol–water partition coefficient (Wildman–Crippen LogP) is 8.44. The number of piperidine rings is 1. The van der Waals surface area contributed by atoms with Crippen LogP contribution in [-0.2, 0) is 38.4 Å². The van der Waals surface area contributed by atoms with Gasteiger partial charge in [-0.1, -0.05) is 0 Å². The Hall–Kier alpha value is -4.56. The summed E-state index contributed by atoms with van der Waals surface area (Å²) < 4.78 is 38.1. The average molecular weight is 799 g/mol. The highest BCUT2D eigenvalue weighted by Crippen LogP contribution is 2.44. The summed E-state index contributed by atoms with van der Waals surface area (Å²) in [6.45, 7) is 14.3. The number of nitriles is 1. The van der Waals surface area contributed by atoms with Crippen molar-refractivity contribution >= 4 is 77.8 Å². The van der Waals surface area contributed by atoms with Gasteiger partial charge in [-0.15, -0.1) is 34.0 Å². The van der Waals surface area contributed by atoms with E-state index in [9.17, 15) is 23.2 Å². The summed E-state index contributed by atoms with van der Waals surface area (Å²) in [5, 5.41) is 13.8. The SMILES string of the molecule is CC(C)(C)OC(=O)N1CCc2c(sc(N)c2-c2nc3cc(F)ccc3s2)C1.CC(C)(C)OC=O.N#CCc1nc2cc(F)ccc2s1.O=C1CCNCC1. The van der Waals surface area contributed by atoms with Crippen LogP contribution in [0.5, 0.6) is 0 Å². The highest BCUT2D eigenvalue weighted by molar-refractivity contribution is 7.22. The molecule has 0 spiro atoms. The molecule has 0 bridgehead atoms. The molecule has 3 N–H and O–H groups in total. The highest BCUT2D eigenvalue weighted by atomic mass is 32.1. The van der Waals surface area contributed by atoms with Crippen LogP contribution in [-0.4, -0.2) is 64.1 Å². The van der Waals surface area contributed by atoms with E-state index < -0.39 is 5.60 Å². The summed E-state index contributed by atoms with van der Waals surface area (Å²) in [6.07, 6.45) is 2.15. The number of fused-ring (bicyclic) bond motifs is 3. The summed E-state index contributed by atoms with van der Waals surface area (Å²) in [7, 11) is 0. The van der Waals surface area contributed by atoms with E-state index in [2.05, 4.69) is 20.0 Å². The molecule has 0 aliphatic carbocycles. The first kappa shape index (κ1) is 42.2. The molecule has 1 saturated heterocycles. The molecule has 11 nitrogen and oxygen atoms in total. The van der Waals surface area contributed by atoms with E-state index in [1.165, 1.54) is 58.3 Å². The van der Waals surface area contributed by atoms with Gasteiger partial charge in [-0.2, -0.15) is 5.26 Å². The van der Waals surface area contributed by atoms with Gasteiger partial charge in [0.1, 0.15) is 38.6 Å². The number of hydrogen-bond acceptors (Lipinski definition) is 13. The van der Waals surface area contributed by atoms with Gasteiger partial charge in [-0.05, 0) is 77.8 Å². The molecule has 16 heteroatoms. The normalized spacial score (nSPS) is 14.0. The Bertz CT molecular complexity index is 2120. The second-order valence-electron chi connectivity index (χ2n) is 14.2. The van der Waals surface area contributed by atoms with Crippen LogP contribution in [0.4, 0.5) is 18.6 Å². The summed E-state index contributed by atoms with van der Waals surface area (Å²) in [4.78, 5) is 43.9. The third-order valence-electron chi connectivity index (χ3n) is 7.49. The maximum Gasteiger partial charge on any atom is 0.410 e. The highest BCUT2D eigenvalue weighted by Gasteiger charge is 2.30. The molecule has 1 amide bonds. The molecule has 54 heavy (non-hydrogen) atoms. The van der Waals surface area contributed by atoms with E-state index in [0.29, 0.717) is 54.2 Å². The van der Waals surface area contributed by atoms with Gasteiger partial charge in [0.25, 0.3) is 6.47 Å². The van der Waals surface area contributed by atoms with Gasteiger partial charge in [0, 0.05) is 55.0 Å². The fourth-order valence-corrected chi connectivity index (χ4v) is 8.20. The number of ketones is 1. The van der Waals surface area contributed by atoms with Crippen molar-refractivity contribution in [3.63, 3.8) is 0 Å². The fourth-order valence-electron chi connectivity index (χ4n) is 5.09. The monoisotopic (exact) mass is 798 g/mol. The number of hydrogen-bond donors (Lipinski definition) is 2. The van der Waals surface area contributed by atoms with Crippen LogP contribution in [0, 0.1) is 23.0 Å². The average Bonchev–Trinajstić information content (AvgIpc) is 3.77. The van der Waals surface area contributed by atoms with Crippen molar-refractivity contribution in [1.82, 2.24) is 20.2 Å². The Kier molecular flexibility index (Phi) is 14.6. The number of aromatic nitrogens is 2. The number of benzene rings is 2. The van der Waals surface area contributed by atoms with E-state index in [1.807, 2.05) is 47.6 Å². The number of ether oxygens (including phenoxy) is 2. The number of thiazole rings is 2. The third kappa shape index (κ3) is 12.5. The van der Waals surface area contributed by atoms with E-state index >= 15 is 0 Å². The first-order chi connectivity index (χ1) is 25.5. The Morgan fingerprint density at radius 3 is 2.09 bits per heavy atom. The summed E-state index contributed by atoms with van der Waals surface area (Å²) >= 11 is 4.42. The van der Waals surface area contributed by atoms with Crippen LogP contribution in [0.1, 0.15) is 69.8 Å². The van der Waals surface area contributed by atoms with Crippen molar-refractivity contribution in [2.45, 2.75) is 85.0 Å². The minimum absolute atomic E-state index is 0.290. The van der Waals surface area contributed by atoms with Gasteiger partial charge >= 0.3 is 6.09 Å². The lowest BCUT2D eigenvalue weighted by Crippen LogP contribution is -2.39. The van der Waals surface area contributed by atoms with Crippen molar-refractivity contribution in [3.05, 3.63) is 63.5 Å². The summed E-state index contributed by atoms with van der Waals surface area (Å²) in [6, 6.07) is 11.1. The molecule has 2 aliphatic heterocycles. The number of amides is 1. The number of carbonyl (C=O) groups is 3. The van der Waals surface area contributed by atoms with Crippen LogP contribution in [0.25, 0.3) is 31.0 Å². The minimum atomic E-state index is -0.521. The number of nitrogen functional groups attached to an aromatic ring is 1. The largest absolute Gasteiger partial charge is 0.462 e. The van der Waals surface area contributed by atoms with Crippen molar-refractivity contribution in [3.8, 4) is 16.6 Å². The number of nitrogens with two attached hydrogens (primary N) is 1. The number of halogens is 2. The van der Waals surface area contributed by atoms with Gasteiger partial charge in [-0.3, -0.25) is 9.59 Å². The molecule has 0 radical (unpaired) electrons. The molecular formula is C38H44F2N6O5S3. The maximum absolute atomic E-state index is 13.5. The van der Waals surface area contributed by atoms with Crippen molar-refractivity contribution in [2.24, 2.45) is 0 Å². The molecule has 2 aromatic carbocycles. The van der Waals surface area contributed by atoms with Crippen LogP contribution < -0.4 is 11.1 Å². The quantitative estimate of drug-likeness (QED) is 0.170. The Morgan fingerprint density at radius 2 is 1.57 bits per heavy atom. The molecular weight excluding hydrogens is 755 g/mol. The van der Waals surface area contributed by atoms with Crippen LogP contribution in [0.15, 0.2) is 36.4 Å². The zero-order chi connectivity index (χ0) is 39.6. The standard InChI is InChI=1S/C19H20FN3O2S2.C9H5FN2S.C5H9NO.C5H10O2/c1-19(2,3)25-18(24)23-7-6-11-14(9-23)26-16(21)15(11)17-22-12-8-10(20)4-5-13(12)27-17;10-6-1-2-8-7(5-6)12-9(13-8)3-4-11;7-5-1-3-6-4-2-5;1-5(2,3)7-4-6/h4-5,8H,6-7,9,21H2,1-3H3;1-2,5H,3H2;6H,1-4H2;4H,1-3H3. The fraction of sp³-hybridized carbons (Fsp3) is 0.421. The number of nitrogens with one attached hydrogen (secondary N) is 1. The number of Topliss-reactive ketones (excluding diaryl/α,β-unsaturated/α-hetero) is 1. The van der Waals surface area contributed by atoms with Gasteiger partial charge in [0.2, 0.25) is 0 Å². The summed E-state index contributed by atoms with van der Waals surface area (Å²) in [5.41, 5.74) is 8.81. The molecule has 1 fully saturated rings. The maximum atomic E-state index is 13.5. The molecule has 2 aliphatic rings. The third-order valence-corrected chi connectivity index (χ3v) is 10.6. The van der Waals surface area contributed by atoms with E-state index in [1.54, 1.807) is 17.0 Å². The second kappa shape index (κ2) is 18.7. The molecule has 0 atom stereocenters. The van der Waals surface area contributed by atoms with Crippen molar-refractivity contribution in [2.75, 3.05) is 25.4 Å². The van der Waals surface area contributed by atoms with Crippen molar-refractivity contribution in [1.29, 1.82) is 5.26 Å². The first-order valence-corrected chi connectivity index (χ1v) is 19.6. The number of rotatable bonds is 3. The van der Waals surface area contributed by atoms with Gasteiger partial charge in [0.15, 0.2) is 0 Å². The van der Waals surface area contributed by atoms with E-state index in [-0.39, 0.29) is 23.3 Å². The van der Waals surface area contributed by atoms with E-state index in [0.717, 1.165) is 61.4 Å². The Morgan fingerprint density at radius 1 is 0.963 bits per heavy atom. The zero-order valence-electron chi connectivity index (χ0n) is 31.1. The number of thiophene rings is 1. The lowest BCUT2D eigenvalue weighted by atomic mass is 10.0. The number of carbonyl (C=O) groups excluding carboxylic acids is 3. The molecule has 0 unspecified atom stereocenters. The molecule has 288 valence electrons. The lowest BCUT2D eigenvalue weighted by molar-refractivity contribution is -0.138. The second-order valence-corrected chi connectivity index (χ2v) is 17.5.